The smallest absolute Gasteiger partial charge is 0.160 e. The van der Waals surface area contributed by atoms with Gasteiger partial charge in [-0.2, -0.15) is 5.10 Å². The Morgan fingerprint density at radius 2 is 1.54 bits per heavy atom. The lowest BCUT2D eigenvalue weighted by Gasteiger charge is -1.81. The molecule has 0 saturated heterocycles. The summed E-state index contributed by atoms with van der Waals surface area (Å²) < 4.78 is 0. The Morgan fingerprint density at radius 1 is 0.917 bits per heavy atom. The summed E-state index contributed by atoms with van der Waals surface area (Å²) in [4.78, 5) is 6.14. The predicted molar refractivity (Wildman–Crippen MR) is 103 cm³/mol. The third-order valence-corrected chi connectivity index (χ3v) is 2.80. The summed E-state index contributed by atoms with van der Waals surface area (Å²) in [7, 11) is 0. The van der Waals surface area contributed by atoms with E-state index in [9.17, 15) is 0 Å². The maximum atomic E-state index is 5.32. The van der Waals surface area contributed by atoms with E-state index in [1.54, 1.807) is 6.20 Å². The summed E-state index contributed by atoms with van der Waals surface area (Å²) >= 11 is 0. The van der Waals surface area contributed by atoms with Crippen molar-refractivity contribution in [3.8, 4) is 0 Å². The van der Waals surface area contributed by atoms with Gasteiger partial charge in [-0.3, -0.25) is 0 Å². The highest BCUT2D eigenvalue weighted by atomic mass is 15.1. The Balaban J connectivity index is 0.000000366. The third-order valence-electron chi connectivity index (χ3n) is 2.80. The van der Waals surface area contributed by atoms with Gasteiger partial charge >= 0.3 is 0 Å². The standard InChI is InChI=1S/C7H7N3.C7H11N3.2C2H6/c1-5-4-6-2-3-8-10-7(6)9-5;1-5-2-6(3-8)7(4-9)10-5;2*1-2/h2-4H,1H3,(H,9,10);2-4,10H,8-9H2,1H3;2*1-2H3/b;6-3-,7-4+;;. The number of hydrogen-bond donors (Lipinski definition) is 4. The van der Waals surface area contributed by atoms with Crippen LogP contribution >= 0.6 is 0 Å². The number of rotatable bonds is 0. The number of nitrogens with two attached hydrogens (primary N) is 2. The highest BCUT2D eigenvalue weighted by Gasteiger charge is 1.94. The van der Waals surface area contributed by atoms with Gasteiger partial charge in [0.2, 0.25) is 0 Å². The lowest BCUT2D eigenvalue weighted by atomic mass is 10.3. The van der Waals surface area contributed by atoms with Gasteiger partial charge in [0, 0.05) is 34.4 Å². The van der Waals surface area contributed by atoms with E-state index in [4.69, 9.17) is 11.5 Å². The molecule has 0 spiro atoms. The first kappa shape index (κ1) is 21.2. The normalized spacial score (nSPS) is 10.9. The summed E-state index contributed by atoms with van der Waals surface area (Å²) in [6.07, 6.45) is 4.73. The zero-order chi connectivity index (χ0) is 18.5. The lowest BCUT2D eigenvalue weighted by Crippen LogP contribution is -2.24. The predicted octanol–water partition coefficient (Wildman–Crippen LogP) is 2.04. The van der Waals surface area contributed by atoms with Gasteiger partial charge in [0.05, 0.1) is 11.5 Å². The van der Waals surface area contributed by atoms with E-state index in [2.05, 4.69) is 20.2 Å². The van der Waals surface area contributed by atoms with Crippen molar-refractivity contribution in [3.63, 3.8) is 0 Å². The number of hydrogen-bond acceptors (Lipinski definition) is 4. The number of H-pyrrole nitrogens is 2. The van der Waals surface area contributed by atoms with E-state index in [0.717, 1.165) is 33.0 Å². The second-order valence-electron chi connectivity index (χ2n) is 4.44. The minimum atomic E-state index is 0.861. The molecular weight excluding hydrogens is 300 g/mol. The van der Waals surface area contributed by atoms with Crippen molar-refractivity contribution in [2.24, 2.45) is 11.5 Å². The molecule has 0 fully saturated rings. The quantitative estimate of drug-likeness (QED) is 0.505. The van der Waals surface area contributed by atoms with Gasteiger partial charge in [-0.1, -0.05) is 27.7 Å². The van der Waals surface area contributed by atoms with Crippen LogP contribution in [-0.2, 0) is 0 Å². The molecule has 0 unspecified atom stereocenters. The molecule has 0 aromatic carbocycles. The van der Waals surface area contributed by atoms with Crippen LogP contribution in [0.2, 0.25) is 0 Å². The second kappa shape index (κ2) is 11.8. The molecule has 3 rings (SSSR count). The Kier molecular flexibility index (Phi) is 10.4. The van der Waals surface area contributed by atoms with Crippen LogP contribution < -0.4 is 22.0 Å². The van der Waals surface area contributed by atoms with Crippen molar-refractivity contribution in [1.29, 1.82) is 0 Å². The molecule has 6 heteroatoms. The van der Waals surface area contributed by atoms with Crippen LogP contribution in [0.4, 0.5) is 0 Å². The van der Waals surface area contributed by atoms with E-state index in [1.807, 2.05) is 59.7 Å². The van der Waals surface area contributed by atoms with Gasteiger partial charge in [-0.25, -0.2) is 0 Å². The van der Waals surface area contributed by atoms with Crippen LogP contribution in [-0.4, -0.2) is 20.2 Å². The molecule has 24 heavy (non-hydrogen) atoms. The Bertz CT molecular complexity index is 749. The molecule has 0 radical (unpaired) electrons. The number of aromatic nitrogens is 4. The molecule has 0 amide bonds. The topological polar surface area (TPSA) is 109 Å². The minimum Gasteiger partial charge on any atom is -0.404 e. The van der Waals surface area contributed by atoms with Crippen molar-refractivity contribution in [2.45, 2.75) is 41.5 Å². The first-order chi connectivity index (χ1) is 11.6. The fourth-order valence-electron chi connectivity index (χ4n) is 1.92. The number of aryl methyl sites for hydroxylation is 2. The van der Waals surface area contributed by atoms with Gasteiger partial charge in [-0.15, -0.1) is 5.10 Å². The number of aromatic amines is 2. The average Bonchev–Trinajstić information content (AvgIpc) is 3.19. The maximum Gasteiger partial charge on any atom is 0.160 e. The minimum absolute atomic E-state index is 0.861. The molecule has 0 saturated carbocycles. The van der Waals surface area contributed by atoms with Crippen molar-refractivity contribution >= 4 is 23.4 Å². The van der Waals surface area contributed by atoms with Gasteiger partial charge in [0.25, 0.3) is 0 Å². The van der Waals surface area contributed by atoms with Crippen molar-refractivity contribution in [2.75, 3.05) is 0 Å². The Morgan fingerprint density at radius 3 is 2.04 bits per heavy atom. The molecule has 3 aromatic rings. The Labute approximate surface area is 143 Å². The molecule has 0 bridgehead atoms. The third kappa shape index (κ3) is 6.16. The van der Waals surface area contributed by atoms with Gasteiger partial charge in [-0.05, 0) is 32.0 Å². The molecule has 0 aliphatic carbocycles. The number of nitrogens with zero attached hydrogens (tertiary/aromatic N) is 2. The van der Waals surface area contributed by atoms with Crippen LogP contribution in [0.3, 0.4) is 0 Å². The SMILES string of the molecule is CC.CC.Cc1cc(=C/N)/c(=C\N)[nH]1.Cc1cc2ccnnc2[nH]1. The number of fused-ring (bicyclic) bond motifs is 1. The van der Waals surface area contributed by atoms with Gasteiger partial charge < -0.3 is 21.4 Å². The summed E-state index contributed by atoms with van der Waals surface area (Å²) in [5, 5.41) is 10.6. The molecular formula is C18H30N6. The van der Waals surface area contributed by atoms with E-state index < -0.39 is 0 Å². The monoisotopic (exact) mass is 330 g/mol. The average molecular weight is 330 g/mol. The maximum absolute atomic E-state index is 5.32. The van der Waals surface area contributed by atoms with Gasteiger partial charge in [0.15, 0.2) is 5.65 Å². The lowest BCUT2D eigenvalue weighted by molar-refractivity contribution is 1.05. The summed E-state index contributed by atoms with van der Waals surface area (Å²) in [5.74, 6) is 0. The molecule has 3 aromatic heterocycles. The van der Waals surface area contributed by atoms with Crippen molar-refractivity contribution in [1.82, 2.24) is 20.2 Å². The summed E-state index contributed by atoms with van der Waals surface area (Å²) in [6.45, 7) is 12.0. The van der Waals surface area contributed by atoms with Gasteiger partial charge in [0.1, 0.15) is 0 Å². The second-order valence-corrected chi connectivity index (χ2v) is 4.44. The first-order valence-electron chi connectivity index (χ1n) is 8.20. The zero-order valence-electron chi connectivity index (χ0n) is 15.5. The van der Waals surface area contributed by atoms with Crippen LogP contribution in [0.1, 0.15) is 39.1 Å². The largest absolute Gasteiger partial charge is 0.404 e. The Hall–Kier alpha value is -2.76. The van der Waals surface area contributed by atoms with E-state index >= 15 is 0 Å². The number of nitrogens with one attached hydrogen (secondary N) is 2. The molecule has 0 aliphatic rings. The summed E-state index contributed by atoms with van der Waals surface area (Å²) in [6, 6.07) is 5.93. The molecule has 6 nitrogen and oxygen atoms in total. The highest BCUT2D eigenvalue weighted by Crippen LogP contribution is 2.09. The zero-order valence-corrected chi connectivity index (χ0v) is 15.5. The fourth-order valence-corrected chi connectivity index (χ4v) is 1.92. The van der Waals surface area contributed by atoms with E-state index in [1.165, 1.54) is 12.4 Å². The molecule has 132 valence electrons. The first-order valence-corrected chi connectivity index (χ1v) is 8.20. The van der Waals surface area contributed by atoms with E-state index in [0.29, 0.717) is 0 Å². The van der Waals surface area contributed by atoms with E-state index in [-0.39, 0.29) is 0 Å². The highest BCUT2D eigenvalue weighted by molar-refractivity contribution is 5.75. The molecule has 3 heterocycles. The fraction of sp³-hybridized carbons (Fsp3) is 0.333. The molecule has 0 aliphatic heterocycles. The summed E-state index contributed by atoms with van der Waals surface area (Å²) in [5.41, 5.74) is 13.7. The molecule has 0 atom stereocenters. The van der Waals surface area contributed by atoms with Crippen LogP contribution in [0.5, 0.6) is 0 Å². The van der Waals surface area contributed by atoms with Crippen molar-refractivity contribution < 1.29 is 0 Å². The van der Waals surface area contributed by atoms with Crippen LogP contribution in [0.15, 0.2) is 24.4 Å². The van der Waals surface area contributed by atoms with Crippen LogP contribution in [0.25, 0.3) is 23.4 Å². The molecule has 6 N–H and O–H groups in total. The van der Waals surface area contributed by atoms with Crippen molar-refractivity contribution in [3.05, 3.63) is 46.4 Å². The van der Waals surface area contributed by atoms with Crippen LogP contribution in [0, 0.1) is 13.8 Å².